The van der Waals surface area contributed by atoms with E-state index < -0.39 is 27.1 Å². The third-order valence-electron chi connectivity index (χ3n) is 8.45. The van der Waals surface area contributed by atoms with Gasteiger partial charge in [-0.15, -0.1) is 6.58 Å². The summed E-state index contributed by atoms with van der Waals surface area (Å²) in [6.07, 6.45) is 11.6. The molecular formula is C26H34N2O5S. The molecule has 184 valence electrons. The van der Waals surface area contributed by atoms with Gasteiger partial charge >= 0.3 is 6.03 Å². The normalized spacial score (nSPS) is 29.7. The van der Waals surface area contributed by atoms with E-state index in [-0.39, 0.29) is 17.4 Å². The molecule has 2 saturated carbocycles. The molecule has 4 aliphatic rings. The van der Waals surface area contributed by atoms with Crippen LogP contribution in [0.5, 0.6) is 0 Å². The van der Waals surface area contributed by atoms with E-state index >= 15 is 0 Å². The van der Waals surface area contributed by atoms with E-state index in [1.54, 1.807) is 6.08 Å². The Balaban J connectivity index is 1.39. The van der Waals surface area contributed by atoms with Gasteiger partial charge in [0, 0.05) is 29.7 Å². The smallest absolute Gasteiger partial charge is 0.332 e. The Morgan fingerprint density at radius 3 is 2.82 bits per heavy atom. The number of carbonyl (C=O) groups excluding carboxylic acids is 1. The van der Waals surface area contributed by atoms with Gasteiger partial charge in [0.25, 0.3) is 10.0 Å². The van der Waals surface area contributed by atoms with E-state index in [1.165, 1.54) is 17.2 Å². The molecule has 0 spiro atoms. The van der Waals surface area contributed by atoms with Crippen LogP contribution in [0, 0.1) is 17.3 Å². The molecular weight excluding hydrogens is 452 g/mol. The number of carbonyl (C=O) groups is 1. The van der Waals surface area contributed by atoms with Crippen molar-refractivity contribution in [2.75, 3.05) is 0 Å². The van der Waals surface area contributed by atoms with E-state index in [4.69, 9.17) is 4.42 Å². The summed E-state index contributed by atoms with van der Waals surface area (Å²) in [6.45, 7) is 7.66. The third-order valence-corrected chi connectivity index (χ3v) is 9.63. The molecule has 3 atom stereocenters. The topological polar surface area (TPSA) is 109 Å². The van der Waals surface area contributed by atoms with E-state index in [2.05, 4.69) is 22.7 Å². The van der Waals surface area contributed by atoms with Crippen LogP contribution in [0.2, 0.25) is 0 Å². The summed E-state index contributed by atoms with van der Waals surface area (Å²) < 4.78 is 34.0. The largest absolute Gasteiger partial charge is 0.447 e. The zero-order valence-electron chi connectivity index (χ0n) is 19.9. The second-order valence-corrected chi connectivity index (χ2v) is 12.5. The quantitative estimate of drug-likeness (QED) is 0.518. The molecule has 3 unspecified atom stereocenters. The molecule has 3 N–H and O–H groups in total. The van der Waals surface area contributed by atoms with Crippen LogP contribution in [-0.2, 0) is 22.0 Å². The summed E-state index contributed by atoms with van der Waals surface area (Å²) in [4.78, 5) is 12.9. The van der Waals surface area contributed by atoms with Crippen molar-refractivity contribution in [2.24, 2.45) is 17.3 Å². The Morgan fingerprint density at radius 2 is 2.06 bits per heavy atom. The molecule has 0 aliphatic heterocycles. The predicted molar refractivity (Wildman–Crippen MR) is 128 cm³/mol. The Bertz CT molecular complexity index is 1210. The molecule has 2 fully saturated rings. The molecule has 7 nitrogen and oxygen atoms in total. The minimum atomic E-state index is -4.25. The van der Waals surface area contributed by atoms with E-state index in [1.807, 2.05) is 13.8 Å². The number of hydrogen-bond donors (Lipinski definition) is 3. The summed E-state index contributed by atoms with van der Waals surface area (Å²) >= 11 is 0. The highest BCUT2D eigenvalue weighted by atomic mass is 32.2. The van der Waals surface area contributed by atoms with Crippen molar-refractivity contribution in [1.82, 2.24) is 10.0 Å². The first-order valence-electron chi connectivity index (χ1n) is 12.3. The molecule has 0 saturated heterocycles. The molecule has 0 aromatic carbocycles. The lowest BCUT2D eigenvalue weighted by molar-refractivity contribution is -0.0850. The number of hydrogen-bond acceptors (Lipinski definition) is 5. The van der Waals surface area contributed by atoms with Crippen molar-refractivity contribution >= 4 is 16.1 Å². The first kappa shape index (κ1) is 23.4. The zero-order chi connectivity index (χ0) is 24.3. The molecule has 1 aromatic rings. The number of fused-ring (bicyclic) bond motifs is 3. The van der Waals surface area contributed by atoms with Gasteiger partial charge in [0.1, 0.15) is 11.4 Å². The van der Waals surface area contributed by atoms with E-state index in [9.17, 15) is 18.3 Å². The summed E-state index contributed by atoms with van der Waals surface area (Å²) in [5, 5.41) is 14.0. The highest BCUT2D eigenvalue weighted by Crippen LogP contribution is 2.52. The number of amides is 2. The molecule has 0 radical (unpaired) electrons. The third kappa shape index (κ3) is 3.66. The first-order chi connectivity index (χ1) is 16.1. The van der Waals surface area contributed by atoms with Crippen LogP contribution in [0.1, 0.15) is 76.5 Å². The van der Waals surface area contributed by atoms with Crippen molar-refractivity contribution in [3.63, 3.8) is 0 Å². The average Bonchev–Trinajstić information content (AvgIpc) is 3.50. The van der Waals surface area contributed by atoms with Gasteiger partial charge in [-0.2, -0.15) is 8.42 Å². The van der Waals surface area contributed by atoms with Crippen LogP contribution in [0.3, 0.4) is 0 Å². The maximum Gasteiger partial charge on any atom is 0.332 e. The van der Waals surface area contributed by atoms with Crippen molar-refractivity contribution in [1.29, 1.82) is 0 Å². The highest BCUT2D eigenvalue weighted by Gasteiger charge is 2.50. The van der Waals surface area contributed by atoms with Crippen LogP contribution in [0.4, 0.5) is 4.79 Å². The summed E-state index contributed by atoms with van der Waals surface area (Å²) in [6, 6.07) is 0.597. The Kier molecular flexibility index (Phi) is 5.60. The summed E-state index contributed by atoms with van der Waals surface area (Å²) in [7, 11) is -4.25. The lowest BCUT2D eigenvalue weighted by Crippen LogP contribution is -2.45. The Hall–Kier alpha value is -2.32. The van der Waals surface area contributed by atoms with Gasteiger partial charge in [-0.25, -0.2) is 9.52 Å². The minimum Gasteiger partial charge on any atom is -0.447 e. The summed E-state index contributed by atoms with van der Waals surface area (Å²) in [5.41, 5.74) is 2.06. The molecule has 2 amide bonds. The van der Waals surface area contributed by atoms with Gasteiger partial charge in [-0.05, 0) is 67.4 Å². The van der Waals surface area contributed by atoms with Crippen molar-refractivity contribution in [3.8, 4) is 0 Å². The molecule has 34 heavy (non-hydrogen) atoms. The number of aliphatic hydroxyl groups is 1. The number of aryl methyl sites for hydroxylation is 1. The number of allylic oxidation sites excluding steroid dienone is 4. The van der Waals surface area contributed by atoms with Crippen molar-refractivity contribution in [3.05, 3.63) is 53.0 Å². The Morgan fingerprint density at radius 1 is 1.26 bits per heavy atom. The average molecular weight is 487 g/mol. The SMILES string of the molecule is C=CCC1(O)c2cc(S(=O)(=O)NC(=O)NC3=C4CCCC4=CC4CCCC34)oc2CCC1(C)C. The fourth-order valence-corrected chi connectivity index (χ4v) is 7.32. The second kappa shape index (κ2) is 8.12. The minimum absolute atomic E-state index is 0.248. The molecule has 0 bridgehead atoms. The lowest BCUT2D eigenvalue weighted by atomic mass is 9.63. The Labute approximate surface area is 201 Å². The van der Waals surface area contributed by atoms with Crippen LogP contribution in [0.25, 0.3) is 0 Å². The fourth-order valence-electron chi connectivity index (χ4n) is 6.44. The molecule has 5 rings (SSSR count). The molecule has 4 aliphatic carbocycles. The zero-order valence-corrected chi connectivity index (χ0v) is 20.8. The number of furan rings is 1. The van der Waals surface area contributed by atoms with Gasteiger partial charge in [0.05, 0.1) is 0 Å². The second-order valence-electron chi connectivity index (χ2n) is 10.8. The predicted octanol–water partition coefficient (Wildman–Crippen LogP) is 4.80. The number of sulfonamides is 1. The number of rotatable bonds is 5. The number of urea groups is 1. The van der Waals surface area contributed by atoms with Gasteiger partial charge in [0.15, 0.2) is 0 Å². The fraction of sp³-hybridized carbons (Fsp3) is 0.577. The maximum absolute atomic E-state index is 13.1. The maximum atomic E-state index is 13.1. The van der Waals surface area contributed by atoms with Gasteiger partial charge in [-0.1, -0.05) is 32.4 Å². The molecule has 8 heteroatoms. The molecule has 1 heterocycles. The molecule has 1 aromatic heterocycles. The van der Waals surface area contributed by atoms with Crippen LogP contribution in [0.15, 0.2) is 51.2 Å². The van der Waals surface area contributed by atoms with Gasteiger partial charge in [-0.3, -0.25) is 0 Å². The van der Waals surface area contributed by atoms with Crippen LogP contribution in [-0.4, -0.2) is 19.6 Å². The van der Waals surface area contributed by atoms with Crippen LogP contribution < -0.4 is 10.0 Å². The standard InChI is InChI=1S/C26H34N2O5S/c1-4-12-26(30)20-15-22(33-21(20)11-13-25(26,2)3)34(31,32)28-24(29)27-23-18-9-5-7-16(18)14-17-8-6-10-19(17)23/h4,14-16,18,30H,1,5-13H2,2-3H3,(H2,27,28,29). The van der Waals surface area contributed by atoms with Crippen molar-refractivity contribution < 1.29 is 22.7 Å². The lowest BCUT2D eigenvalue weighted by Gasteiger charge is -2.45. The highest BCUT2D eigenvalue weighted by molar-refractivity contribution is 7.89. The number of nitrogens with one attached hydrogen (secondary N) is 2. The van der Waals surface area contributed by atoms with Crippen LogP contribution >= 0.6 is 0 Å². The summed E-state index contributed by atoms with van der Waals surface area (Å²) in [5.74, 6) is 1.11. The van der Waals surface area contributed by atoms with Crippen molar-refractivity contribution in [2.45, 2.75) is 82.3 Å². The monoisotopic (exact) mass is 486 g/mol. The van der Waals surface area contributed by atoms with Gasteiger partial charge in [0.2, 0.25) is 5.09 Å². The first-order valence-corrected chi connectivity index (χ1v) is 13.8. The van der Waals surface area contributed by atoms with E-state index in [0.29, 0.717) is 30.1 Å². The van der Waals surface area contributed by atoms with E-state index in [0.717, 1.165) is 44.2 Å². The van der Waals surface area contributed by atoms with Gasteiger partial charge < -0.3 is 14.8 Å².